The minimum atomic E-state index is -1.30. The Labute approximate surface area is 190 Å². The number of barbiturate groups is 1. The van der Waals surface area contributed by atoms with Crippen molar-refractivity contribution in [3.63, 3.8) is 0 Å². The molecule has 4 amide bonds. The van der Waals surface area contributed by atoms with Gasteiger partial charge in [-0.25, -0.2) is 4.79 Å². The SMILES string of the molecule is COc1cc([N+](=O)[O-])ccc1N=CC1C(=O)N(CCc2ccccc2)C(=O)N(C(C)C)C1=O. The number of carbonyl (C=O) groups is 3. The number of rotatable bonds is 8. The summed E-state index contributed by atoms with van der Waals surface area (Å²) in [7, 11) is 1.33. The number of methoxy groups -OCH3 is 1. The zero-order valence-electron chi connectivity index (χ0n) is 18.5. The molecule has 0 bridgehead atoms. The van der Waals surface area contributed by atoms with Gasteiger partial charge in [-0.1, -0.05) is 30.3 Å². The fraction of sp³-hybridized carbons (Fsp3) is 0.304. The summed E-state index contributed by atoms with van der Waals surface area (Å²) in [6, 6.07) is 12.1. The van der Waals surface area contributed by atoms with Gasteiger partial charge in [0, 0.05) is 24.9 Å². The third kappa shape index (κ3) is 5.05. The molecule has 10 heteroatoms. The van der Waals surface area contributed by atoms with Gasteiger partial charge in [0.1, 0.15) is 5.69 Å². The number of amides is 4. The number of benzene rings is 2. The zero-order chi connectivity index (χ0) is 24.1. The van der Waals surface area contributed by atoms with E-state index in [0.29, 0.717) is 6.42 Å². The van der Waals surface area contributed by atoms with Crippen LogP contribution in [0.25, 0.3) is 0 Å². The van der Waals surface area contributed by atoms with E-state index in [1.165, 1.54) is 25.3 Å². The average Bonchev–Trinajstić information content (AvgIpc) is 2.79. The van der Waals surface area contributed by atoms with Crippen LogP contribution in [-0.4, -0.2) is 58.5 Å². The Hall–Kier alpha value is -4.08. The highest BCUT2D eigenvalue weighted by Crippen LogP contribution is 2.31. The molecule has 0 N–H and O–H groups in total. The third-order valence-electron chi connectivity index (χ3n) is 5.19. The second-order valence-corrected chi connectivity index (χ2v) is 7.68. The molecule has 0 radical (unpaired) electrons. The topological polar surface area (TPSA) is 122 Å². The quantitative estimate of drug-likeness (QED) is 0.262. The number of imide groups is 2. The summed E-state index contributed by atoms with van der Waals surface area (Å²) in [5.74, 6) is -2.52. The molecule has 33 heavy (non-hydrogen) atoms. The van der Waals surface area contributed by atoms with Gasteiger partial charge >= 0.3 is 6.03 Å². The van der Waals surface area contributed by atoms with Crippen molar-refractivity contribution >= 4 is 35.4 Å². The maximum atomic E-state index is 13.1. The van der Waals surface area contributed by atoms with Gasteiger partial charge in [0.15, 0.2) is 11.7 Å². The Morgan fingerprint density at radius 2 is 1.82 bits per heavy atom. The van der Waals surface area contributed by atoms with Crippen LogP contribution in [0.5, 0.6) is 5.75 Å². The molecule has 1 heterocycles. The number of nitro benzene ring substituents is 1. The summed E-state index contributed by atoms with van der Waals surface area (Å²) in [4.78, 5) is 55.7. The molecule has 1 aliphatic rings. The number of non-ortho nitro benzene ring substituents is 1. The highest BCUT2D eigenvalue weighted by molar-refractivity contribution is 6.23. The molecule has 0 aromatic heterocycles. The predicted octanol–water partition coefficient (Wildman–Crippen LogP) is 3.36. The number of ether oxygens (including phenoxy) is 1. The number of hydrogen-bond donors (Lipinski definition) is 0. The van der Waals surface area contributed by atoms with Crippen molar-refractivity contribution in [2.24, 2.45) is 10.9 Å². The van der Waals surface area contributed by atoms with Crippen molar-refractivity contribution in [3.05, 3.63) is 64.2 Å². The molecule has 1 saturated heterocycles. The van der Waals surface area contributed by atoms with E-state index in [9.17, 15) is 24.5 Å². The van der Waals surface area contributed by atoms with E-state index < -0.39 is 34.7 Å². The van der Waals surface area contributed by atoms with Gasteiger partial charge in [0.25, 0.3) is 5.69 Å². The number of urea groups is 1. The lowest BCUT2D eigenvalue weighted by molar-refractivity contribution is -0.384. The monoisotopic (exact) mass is 452 g/mol. The van der Waals surface area contributed by atoms with E-state index in [2.05, 4.69) is 4.99 Å². The van der Waals surface area contributed by atoms with Crippen LogP contribution in [0.3, 0.4) is 0 Å². The van der Waals surface area contributed by atoms with Crippen LogP contribution in [0.1, 0.15) is 19.4 Å². The molecular weight excluding hydrogens is 428 g/mol. The van der Waals surface area contributed by atoms with Crippen molar-refractivity contribution in [2.75, 3.05) is 13.7 Å². The Balaban J connectivity index is 1.89. The maximum Gasteiger partial charge on any atom is 0.333 e. The molecule has 2 aromatic rings. The average molecular weight is 452 g/mol. The molecule has 1 fully saturated rings. The third-order valence-corrected chi connectivity index (χ3v) is 5.19. The van der Waals surface area contributed by atoms with E-state index >= 15 is 0 Å². The first kappa shape index (κ1) is 23.6. The summed E-state index contributed by atoms with van der Waals surface area (Å²) >= 11 is 0. The lowest BCUT2D eigenvalue weighted by Crippen LogP contribution is -2.62. The highest BCUT2D eigenvalue weighted by atomic mass is 16.6. The molecule has 172 valence electrons. The van der Waals surface area contributed by atoms with Gasteiger partial charge in [-0.15, -0.1) is 0 Å². The number of aliphatic imine (C=N–C) groups is 1. The van der Waals surface area contributed by atoms with Crippen LogP contribution < -0.4 is 4.74 Å². The fourth-order valence-corrected chi connectivity index (χ4v) is 3.48. The van der Waals surface area contributed by atoms with Gasteiger partial charge < -0.3 is 4.74 Å². The van der Waals surface area contributed by atoms with Crippen LogP contribution >= 0.6 is 0 Å². The van der Waals surface area contributed by atoms with Crippen LogP contribution in [-0.2, 0) is 16.0 Å². The summed E-state index contributed by atoms with van der Waals surface area (Å²) in [5, 5.41) is 11.0. The number of nitrogens with zero attached hydrogens (tertiary/aromatic N) is 4. The maximum absolute atomic E-state index is 13.1. The second-order valence-electron chi connectivity index (χ2n) is 7.68. The Morgan fingerprint density at radius 1 is 1.12 bits per heavy atom. The Morgan fingerprint density at radius 3 is 2.42 bits per heavy atom. The zero-order valence-corrected chi connectivity index (χ0v) is 18.5. The number of carbonyl (C=O) groups excluding carboxylic acids is 3. The minimum absolute atomic E-state index is 0.114. The lowest BCUT2D eigenvalue weighted by Gasteiger charge is -2.37. The largest absolute Gasteiger partial charge is 0.494 e. The highest BCUT2D eigenvalue weighted by Gasteiger charge is 2.45. The van der Waals surface area contributed by atoms with Gasteiger partial charge in [-0.05, 0) is 31.9 Å². The van der Waals surface area contributed by atoms with Gasteiger partial charge in [-0.2, -0.15) is 0 Å². The van der Waals surface area contributed by atoms with E-state index in [1.54, 1.807) is 13.8 Å². The van der Waals surface area contributed by atoms with Gasteiger partial charge in [-0.3, -0.25) is 34.5 Å². The molecule has 0 spiro atoms. The van der Waals surface area contributed by atoms with Crippen LogP contribution in [0.15, 0.2) is 53.5 Å². The van der Waals surface area contributed by atoms with Gasteiger partial charge in [0.2, 0.25) is 11.8 Å². The molecule has 1 aliphatic heterocycles. The molecule has 1 unspecified atom stereocenters. The van der Waals surface area contributed by atoms with E-state index in [0.717, 1.165) is 21.6 Å². The number of hydrogen-bond acceptors (Lipinski definition) is 7. The summed E-state index contributed by atoms with van der Waals surface area (Å²) < 4.78 is 5.15. The summed E-state index contributed by atoms with van der Waals surface area (Å²) in [6.07, 6.45) is 1.60. The van der Waals surface area contributed by atoms with Crippen molar-refractivity contribution < 1.29 is 24.0 Å². The molecule has 0 saturated carbocycles. The van der Waals surface area contributed by atoms with Crippen LogP contribution in [0.2, 0.25) is 0 Å². The van der Waals surface area contributed by atoms with Crippen molar-refractivity contribution in [1.82, 2.24) is 9.80 Å². The van der Waals surface area contributed by atoms with Crippen molar-refractivity contribution in [2.45, 2.75) is 26.3 Å². The van der Waals surface area contributed by atoms with Gasteiger partial charge in [0.05, 0.1) is 18.1 Å². The minimum Gasteiger partial charge on any atom is -0.494 e. The first-order valence-corrected chi connectivity index (χ1v) is 10.3. The van der Waals surface area contributed by atoms with E-state index in [-0.39, 0.29) is 23.7 Å². The fourth-order valence-electron chi connectivity index (χ4n) is 3.48. The number of nitro groups is 1. The Kier molecular flexibility index (Phi) is 7.17. The van der Waals surface area contributed by atoms with Crippen LogP contribution in [0, 0.1) is 16.0 Å². The Bertz CT molecular complexity index is 1100. The molecule has 2 aromatic carbocycles. The normalized spacial score (nSPS) is 16.7. The smallest absolute Gasteiger partial charge is 0.333 e. The summed E-state index contributed by atoms with van der Waals surface area (Å²) in [6.45, 7) is 3.49. The first-order valence-electron chi connectivity index (χ1n) is 10.3. The van der Waals surface area contributed by atoms with Crippen molar-refractivity contribution in [1.29, 1.82) is 0 Å². The second kappa shape index (κ2) is 10.0. The predicted molar refractivity (Wildman–Crippen MR) is 121 cm³/mol. The van der Waals surface area contributed by atoms with E-state index in [4.69, 9.17) is 4.74 Å². The summed E-state index contributed by atoms with van der Waals surface area (Å²) in [5.41, 5.74) is 0.985. The molecule has 3 rings (SSSR count). The molecule has 0 aliphatic carbocycles. The first-order chi connectivity index (χ1) is 15.7. The van der Waals surface area contributed by atoms with Crippen molar-refractivity contribution in [3.8, 4) is 5.75 Å². The van der Waals surface area contributed by atoms with E-state index in [1.807, 2.05) is 30.3 Å². The van der Waals surface area contributed by atoms with Crippen LogP contribution in [0.4, 0.5) is 16.2 Å². The standard InChI is InChI=1S/C23H24N4O6/c1-15(2)26-22(29)18(14-24-19-10-9-17(27(31)32)13-20(19)33-3)21(28)25(23(26)30)12-11-16-7-5-4-6-8-16/h4-10,13-15,18H,11-12H2,1-3H3. The molecule has 1 atom stereocenters. The molecule has 10 nitrogen and oxygen atoms in total. The lowest BCUT2D eigenvalue weighted by atomic mass is 10.0. The molecular formula is C23H24N4O6.